The highest BCUT2D eigenvalue weighted by atomic mass is 32.2. The monoisotopic (exact) mass is 690 g/mol. The normalized spacial score (nSPS) is 12.3. The maximum absolute atomic E-state index is 12.7. The first-order valence-electron chi connectivity index (χ1n) is 17.2. The van der Waals surface area contributed by atoms with Crippen molar-refractivity contribution in [2.45, 2.75) is 129 Å². The third-order valence-electron chi connectivity index (χ3n) is 7.14. The Morgan fingerprint density at radius 2 is 1.48 bits per heavy atom. The molecule has 3 N–H and O–H groups in total. The van der Waals surface area contributed by atoms with Crippen molar-refractivity contribution in [3.63, 3.8) is 0 Å². The van der Waals surface area contributed by atoms with Crippen LogP contribution in [0.2, 0.25) is 0 Å². The third kappa shape index (κ3) is 23.2. The highest BCUT2D eigenvalue weighted by Gasteiger charge is 2.19. The summed E-state index contributed by atoms with van der Waals surface area (Å²) in [6.07, 6.45) is 23.2. The average Bonchev–Trinajstić information content (AvgIpc) is 3.01. The van der Waals surface area contributed by atoms with Crippen molar-refractivity contribution < 1.29 is 37.1 Å². The van der Waals surface area contributed by atoms with Gasteiger partial charge in [-0.3, -0.25) is 14.3 Å². The molecule has 0 saturated carbocycles. The van der Waals surface area contributed by atoms with Crippen LogP contribution in [0.5, 0.6) is 11.5 Å². The highest BCUT2D eigenvalue weighted by Crippen LogP contribution is 2.32. The number of pyridine rings is 1. The Labute approximate surface area is 288 Å². The van der Waals surface area contributed by atoms with Gasteiger partial charge in [0.15, 0.2) is 11.5 Å². The van der Waals surface area contributed by atoms with Crippen molar-refractivity contribution >= 4 is 22.1 Å². The van der Waals surface area contributed by atoms with Gasteiger partial charge in [-0.25, -0.2) is 4.79 Å². The fraction of sp³-hybridized carbons (Fsp3) is 0.595. The number of aliphatic hydroxyl groups excluding tert-OH is 1. The van der Waals surface area contributed by atoms with Crippen LogP contribution in [0.4, 0.5) is 0 Å². The summed E-state index contributed by atoms with van der Waals surface area (Å²) in [5.41, 5.74) is 0.674. The second-order valence-corrected chi connectivity index (χ2v) is 14.5. The van der Waals surface area contributed by atoms with Gasteiger partial charge < -0.3 is 19.9 Å². The summed E-state index contributed by atoms with van der Waals surface area (Å²) in [6.45, 7) is 8.62. The van der Waals surface area contributed by atoms with Crippen molar-refractivity contribution in [2.24, 2.45) is 0 Å². The van der Waals surface area contributed by atoms with Crippen LogP contribution in [0.1, 0.15) is 140 Å². The molecule has 1 unspecified atom stereocenters. The molecule has 1 atom stereocenters. The molecule has 1 heterocycles. The molecule has 270 valence electrons. The predicted octanol–water partition coefficient (Wildman–Crippen LogP) is 8.17. The number of carbonyl (C=O) groups is 2. The summed E-state index contributed by atoms with van der Waals surface area (Å²) >= 11 is 0. The molecule has 10 nitrogen and oxygen atoms in total. The lowest BCUT2D eigenvalue weighted by atomic mass is 10.1. The summed E-state index contributed by atoms with van der Waals surface area (Å²) in [5.74, 6) is -0.769. The van der Waals surface area contributed by atoms with Gasteiger partial charge in [-0.05, 0) is 82.7 Å². The molecule has 0 aliphatic rings. The van der Waals surface area contributed by atoms with Gasteiger partial charge >= 0.3 is 11.9 Å². The number of ether oxygens (including phenoxy) is 2. The molecule has 0 amide bonds. The van der Waals surface area contributed by atoms with Crippen molar-refractivity contribution in [1.82, 2.24) is 10.3 Å². The van der Waals surface area contributed by atoms with E-state index in [2.05, 4.69) is 29.4 Å². The van der Waals surface area contributed by atoms with Gasteiger partial charge in [0.2, 0.25) is 0 Å². The smallest absolute Gasteiger partial charge is 0.345 e. The molecule has 0 radical (unpaired) electrons. The zero-order chi connectivity index (χ0) is 35.8. The van der Waals surface area contributed by atoms with E-state index in [0.29, 0.717) is 18.4 Å². The summed E-state index contributed by atoms with van der Waals surface area (Å²) in [5, 5.41) is 14.0. The number of unbranched alkanes of at least 4 members (excludes halogenated alkanes) is 11. The van der Waals surface area contributed by atoms with Crippen LogP contribution in [0.25, 0.3) is 0 Å². The molecule has 1 aromatic carbocycles. The number of β-amino-alcohol motifs (C(OH)–C–C–N with tert-alkyl or cyclic N) is 1. The molecule has 2 aromatic rings. The first kappa shape index (κ1) is 42.9. The number of aromatic nitrogens is 1. The number of allylic oxidation sites excluding steroid dienone is 2. The summed E-state index contributed by atoms with van der Waals surface area (Å²) in [4.78, 5) is 29.3. The van der Waals surface area contributed by atoms with E-state index in [0.717, 1.165) is 32.1 Å². The predicted molar refractivity (Wildman–Crippen MR) is 191 cm³/mol. The van der Waals surface area contributed by atoms with Gasteiger partial charge in [0.05, 0.1) is 17.9 Å². The van der Waals surface area contributed by atoms with Crippen LogP contribution in [-0.4, -0.2) is 53.3 Å². The Morgan fingerprint density at radius 1 is 0.896 bits per heavy atom. The maximum atomic E-state index is 12.7. The second kappa shape index (κ2) is 24.1. The lowest BCUT2D eigenvalue weighted by molar-refractivity contribution is -0.134. The van der Waals surface area contributed by atoms with Crippen LogP contribution in [0, 0.1) is 0 Å². The number of carbonyl (C=O) groups excluding carboxylic acids is 2. The molecule has 0 saturated heterocycles. The molecular formula is C37H58N2O8S. The highest BCUT2D eigenvalue weighted by molar-refractivity contribution is 7.85. The van der Waals surface area contributed by atoms with Crippen LogP contribution < -0.4 is 14.8 Å². The van der Waals surface area contributed by atoms with Gasteiger partial charge in [-0.15, -0.1) is 0 Å². The Balaban J connectivity index is 0.00000213. The number of rotatable bonds is 21. The van der Waals surface area contributed by atoms with Gasteiger partial charge in [-0.1, -0.05) is 76.5 Å². The number of nitrogens with one attached hydrogen (secondary N) is 1. The fourth-order valence-corrected chi connectivity index (χ4v) is 4.57. The van der Waals surface area contributed by atoms with Crippen molar-refractivity contribution in [1.29, 1.82) is 0 Å². The molecule has 0 fully saturated rings. The molecular weight excluding hydrogens is 632 g/mol. The molecule has 1 aromatic heterocycles. The molecule has 0 bridgehead atoms. The summed E-state index contributed by atoms with van der Waals surface area (Å²) in [6, 6.07) is 8.03. The Kier molecular flexibility index (Phi) is 21.5. The van der Waals surface area contributed by atoms with Crippen LogP contribution in [0.15, 0.2) is 54.9 Å². The average molecular weight is 691 g/mol. The Hall–Kier alpha value is -3.12. The number of nitrogens with zero attached hydrogens (tertiary/aromatic N) is 1. The Morgan fingerprint density at radius 3 is 2.04 bits per heavy atom. The lowest BCUT2D eigenvalue weighted by Crippen LogP contribution is -2.38. The zero-order valence-electron chi connectivity index (χ0n) is 29.6. The third-order valence-corrected chi connectivity index (χ3v) is 7.14. The van der Waals surface area contributed by atoms with Crippen LogP contribution in [0.3, 0.4) is 0 Å². The minimum absolute atomic E-state index is 0.113. The van der Waals surface area contributed by atoms with E-state index < -0.39 is 28.2 Å². The molecule has 48 heavy (non-hydrogen) atoms. The van der Waals surface area contributed by atoms with Crippen molar-refractivity contribution in [3.8, 4) is 11.5 Å². The second-order valence-electron chi connectivity index (χ2n) is 13.0. The van der Waals surface area contributed by atoms with E-state index in [1.165, 1.54) is 57.6 Å². The van der Waals surface area contributed by atoms with Crippen LogP contribution in [-0.2, 0) is 14.9 Å². The van der Waals surface area contributed by atoms with Gasteiger partial charge in [0, 0.05) is 30.9 Å². The van der Waals surface area contributed by atoms with E-state index in [9.17, 15) is 23.1 Å². The van der Waals surface area contributed by atoms with E-state index >= 15 is 0 Å². The number of aliphatic hydroxyl groups is 1. The minimum atomic E-state index is -3.67. The van der Waals surface area contributed by atoms with Gasteiger partial charge in [-0.2, -0.15) is 8.42 Å². The fourth-order valence-electron chi connectivity index (χ4n) is 4.57. The van der Waals surface area contributed by atoms with Gasteiger partial charge in [0.25, 0.3) is 10.1 Å². The largest absolute Gasteiger partial charge is 0.423 e. The lowest BCUT2D eigenvalue weighted by Gasteiger charge is -2.23. The summed E-state index contributed by atoms with van der Waals surface area (Å²) < 4.78 is 37.1. The number of esters is 2. The van der Waals surface area contributed by atoms with Crippen LogP contribution >= 0.6 is 0 Å². The SMILES string of the molecule is CCCCCCCCC=CCCCCCCCC(=O)Oc1cc(C(O)CNC(C)(C)C)ccc1OC(=O)c1cccnc1.CS(=O)(=O)O. The van der Waals surface area contributed by atoms with Crippen molar-refractivity contribution in [3.05, 3.63) is 66.0 Å². The Bertz CT molecular complexity index is 1320. The molecule has 0 aliphatic heterocycles. The first-order valence-corrected chi connectivity index (χ1v) is 19.0. The number of benzene rings is 1. The molecule has 0 spiro atoms. The number of hydrogen-bond donors (Lipinski definition) is 3. The van der Waals surface area contributed by atoms with Gasteiger partial charge in [0.1, 0.15) is 0 Å². The maximum Gasteiger partial charge on any atom is 0.345 e. The molecule has 0 aliphatic carbocycles. The molecule has 2 rings (SSSR count). The van der Waals surface area contributed by atoms with E-state index in [-0.39, 0.29) is 29.0 Å². The van der Waals surface area contributed by atoms with E-state index in [1.807, 2.05) is 20.8 Å². The van der Waals surface area contributed by atoms with E-state index in [4.69, 9.17) is 14.0 Å². The topological polar surface area (TPSA) is 152 Å². The quantitative estimate of drug-likeness (QED) is 0.0384. The summed E-state index contributed by atoms with van der Waals surface area (Å²) in [7, 11) is -3.67. The zero-order valence-corrected chi connectivity index (χ0v) is 30.4. The van der Waals surface area contributed by atoms with Crippen molar-refractivity contribution in [2.75, 3.05) is 12.8 Å². The number of hydrogen-bond acceptors (Lipinski definition) is 9. The minimum Gasteiger partial charge on any atom is -0.423 e. The van der Waals surface area contributed by atoms with E-state index in [1.54, 1.807) is 36.5 Å². The standard InChI is InChI=1S/C36H54N2O5.CH4O3S/c1-5-6-7-8-9-10-11-12-13-14-15-16-17-18-19-22-34(40)42-33-26-29(31(39)28-38-36(2,3)4)23-24-32(33)43-35(41)30-21-20-25-37-27-30;1-5(2,3)4/h12-13,20-21,23-27,31,38-39H,5-11,14-19,22,28H2,1-4H3;1H3,(H,2,3,4). The first-order chi connectivity index (χ1) is 22.7. The molecule has 11 heteroatoms.